The van der Waals surface area contributed by atoms with Gasteiger partial charge in [-0.25, -0.2) is 13.2 Å². The minimum atomic E-state index is -1.51. The van der Waals surface area contributed by atoms with Gasteiger partial charge in [-0.15, -0.1) is 0 Å². The lowest BCUT2D eigenvalue weighted by Crippen LogP contribution is -2.36. The fourth-order valence-corrected chi connectivity index (χ4v) is 3.00. The van der Waals surface area contributed by atoms with Crippen molar-refractivity contribution in [2.75, 3.05) is 0 Å². The van der Waals surface area contributed by atoms with Crippen LogP contribution in [0, 0.1) is 17.5 Å². The van der Waals surface area contributed by atoms with Gasteiger partial charge in [0.2, 0.25) is 0 Å². The lowest BCUT2D eigenvalue weighted by atomic mass is 9.82. The highest BCUT2D eigenvalue weighted by Crippen LogP contribution is 2.37. The van der Waals surface area contributed by atoms with Gasteiger partial charge in [0.25, 0.3) is 0 Å². The molecule has 1 aromatic carbocycles. The van der Waals surface area contributed by atoms with Crippen LogP contribution in [-0.4, -0.2) is 16.3 Å². The SMILES string of the molecule is C=C1CCC(C(O)NCc2ccc(F)c(F)c2F)c2cccnc21. The summed E-state index contributed by atoms with van der Waals surface area (Å²) in [4.78, 5) is 4.30. The maximum Gasteiger partial charge on any atom is 0.194 e. The second-order valence-corrected chi connectivity index (χ2v) is 5.85. The molecule has 6 heteroatoms. The maximum absolute atomic E-state index is 13.7. The van der Waals surface area contributed by atoms with Gasteiger partial charge in [-0.2, -0.15) is 0 Å². The van der Waals surface area contributed by atoms with Crippen LogP contribution in [-0.2, 0) is 6.54 Å². The van der Waals surface area contributed by atoms with Crippen LogP contribution in [0.25, 0.3) is 5.57 Å². The lowest BCUT2D eigenvalue weighted by Gasteiger charge is -2.30. The third kappa shape index (κ3) is 3.07. The molecule has 0 radical (unpaired) electrons. The zero-order valence-corrected chi connectivity index (χ0v) is 12.9. The van der Waals surface area contributed by atoms with Gasteiger partial charge >= 0.3 is 0 Å². The summed E-state index contributed by atoms with van der Waals surface area (Å²) in [5.41, 5.74) is 2.52. The number of benzene rings is 1. The van der Waals surface area contributed by atoms with Crippen molar-refractivity contribution in [3.63, 3.8) is 0 Å². The summed E-state index contributed by atoms with van der Waals surface area (Å²) in [5, 5.41) is 13.2. The Kier molecular flexibility index (Phi) is 4.69. The van der Waals surface area contributed by atoms with Crippen molar-refractivity contribution >= 4 is 5.57 Å². The van der Waals surface area contributed by atoms with Gasteiger partial charge in [0.05, 0.1) is 5.69 Å². The monoisotopic (exact) mass is 334 g/mol. The normalized spacial score (nSPS) is 18.3. The topological polar surface area (TPSA) is 45.1 Å². The van der Waals surface area contributed by atoms with E-state index in [9.17, 15) is 18.3 Å². The fourth-order valence-electron chi connectivity index (χ4n) is 3.00. The Balaban J connectivity index is 1.75. The van der Waals surface area contributed by atoms with Crippen molar-refractivity contribution in [1.82, 2.24) is 10.3 Å². The molecule has 1 heterocycles. The van der Waals surface area contributed by atoms with Crippen LogP contribution in [0.1, 0.15) is 35.6 Å². The minimum absolute atomic E-state index is 0.0421. The van der Waals surface area contributed by atoms with Crippen LogP contribution < -0.4 is 5.32 Å². The number of hydrogen-bond donors (Lipinski definition) is 2. The standard InChI is InChI=1S/C18H17F3N2O/c1-10-4-6-13(12-3-2-8-22-17(10)12)18(24)23-9-11-5-7-14(19)16(21)15(11)20/h2-3,5,7-8,13,18,23-24H,1,4,6,9H2. The highest BCUT2D eigenvalue weighted by molar-refractivity contribution is 5.65. The minimum Gasteiger partial charge on any atom is -0.378 e. The predicted octanol–water partition coefficient (Wildman–Crippen LogP) is 3.50. The molecule has 2 N–H and O–H groups in total. The highest BCUT2D eigenvalue weighted by Gasteiger charge is 2.29. The summed E-state index contributed by atoms with van der Waals surface area (Å²) >= 11 is 0. The Labute approximate surface area is 137 Å². The summed E-state index contributed by atoms with van der Waals surface area (Å²) in [6, 6.07) is 5.68. The molecule has 24 heavy (non-hydrogen) atoms. The molecule has 2 atom stereocenters. The molecule has 3 nitrogen and oxygen atoms in total. The van der Waals surface area contributed by atoms with Crippen molar-refractivity contribution in [3.8, 4) is 0 Å². The highest BCUT2D eigenvalue weighted by atomic mass is 19.2. The first-order valence-corrected chi connectivity index (χ1v) is 7.66. The molecule has 1 aliphatic rings. The molecule has 1 aromatic heterocycles. The van der Waals surface area contributed by atoms with Crippen LogP contribution in [0.4, 0.5) is 13.2 Å². The predicted molar refractivity (Wildman–Crippen MR) is 84.4 cm³/mol. The summed E-state index contributed by atoms with van der Waals surface area (Å²) < 4.78 is 39.9. The second-order valence-electron chi connectivity index (χ2n) is 5.85. The van der Waals surface area contributed by atoms with E-state index in [1.165, 1.54) is 0 Å². The fraction of sp³-hybridized carbons (Fsp3) is 0.278. The average Bonchev–Trinajstić information content (AvgIpc) is 2.59. The summed E-state index contributed by atoms with van der Waals surface area (Å²) in [7, 11) is 0. The van der Waals surface area contributed by atoms with Crippen molar-refractivity contribution in [3.05, 3.63) is 71.3 Å². The lowest BCUT2D eigenvalue weighted by molar-refractivity contribution is 0.100. The summed E-state index contributed by atoms with van der Waals surface area (Å²) in [6.07, 6.45) is 2.08. The molecule has 0 aliphatic heterocycles. The van der Waals surface area contributed by atoms with E-state index in [2.05, 4.69) is 16.9 Å². The first-order valence-electron chi connectivity index (χ1n) is 7.66. The van der Waals surface area contributed by atoms with Crippen LogP contribution in [0.3, 0.4) is 0 Å². The van der Waals surface area contributed by atoms with E-state index in [-0.39, 0.29) is 18.0 Å². The van der Waals surface area contributed by atoms with Crippen LogP contribution in [0.15, 0.2) is 37.0 Å². The van der Waals surface area contributed by atoms with Crippen molar-refractivity contribution in [1.29, 1.82) is 0 Å². The van der Waals surface area contributed by atoms with Gasteiger partial charge in [-0.05, 0) is 36.1 Å². The Bertz CT molecular complexity index is 779. The molecule has 0 bridgehead atoms. The Morgan fingerprint density at radius 3 is 2.83 bits per heavy atom. The molecule has 2 aromatic rings. The van der Waals surface area contributed by atoms with Gasteiger partial charge in [0, 0.05) is 24.2 Å². The van der Waals surface area contributed by atoms with Gasteiger partial charge in [0.1, 0.15) is 6.23 Å². The number of nitrogens with one attached hydrogen (secondary N) is 1. The molecule has 2 unspecified atom stereocenters. The van der Waals surface area contributed by atoms with E-state index >= 15 is 0 Å². The van der Waals surface area contributed by atoms with E-state index in [0.29, 0.717) is 12.8 Å². The second kappa shape index (κ2) is 6.75. The number of hydrogen-bond acceptors (Lipinski definition) is 3. The average molecular weight is 334 g/mol. The zero-order valence-electron chi connectivity index (χ0n) is 12.9. The number of fused-ring (bicyclic) bond motifs is 1. The van der Waals surface area contributed by atoms with E-state index in [1.807, 2.05) is 6.07 Å². The van der Waals surface area contributed by atoms with E-state index < -0.39 is 23.7 Å². The number of pyridine rings is 1. The molecule has 0 amide bonds. The van der Waals surface area contributed by atoms with Gasteiger partial charge in [-0.3, -0.25) is 10.3 Å². The molecular weight excluding hydrogens is 317 g/mol. The molecule has 0 saturated carbocycles. The number of aliphatic hydroxyl groups excluding tert-OH is 1. The van der Waals surface area contributed by atoms with E-state index in [1.54, 1.807) is 12.3 Å². The number of allylic oxidation sites excluding steroid dienone is 1. The summed E-state index contributed by atoms with van der Waals surface area (Å²) in [6.45, 7) is 3.87. The Morgan fingerprint density at radius 2 is 2.04 bits per heavy atom. The van der Waals surface area contributed by atoms with Crippen molar-refractivity contribution in [2.45, 2.75) is 31.5 Å². The Hall–Kier alpha value is -2.18. The zero-order chi connectivity index (χ0) is 17.3. The van der Waals surface area contributed by atoms with Gasteiger partial charge in [-0.1, -0.05) is 18.7 Å². The third-order valence-corrected chi connectivity index (χ3v) is 4.33. The number of rotatable bonds is 4. The molecular formula is C18H17F3N2O. The molecule has 0 fully saturated rings. The molecule has 126 valence electrons. The number of nitrogens with zero attached hydrogens (tertiary/aromatic N) is 1. The van der Waals surface area contributed by atoms with E-state index in [4.69, 9.17) is 0 Å². The molecule has 3 rings (SSSR count). The van der Waals surface area contributed by atoms with Crippen molar-refractivity contribution < 1.29 is 18.3 Å². The number of aliphatic hydroxyl groups is 1. The molecule has 1 aliphatic carbocycles. The van der Waals surface area contributed by atoms with Crippen LogP contribution >= 0.6 is 0 Å². The molecule has 0 spiro atoms. The first kappa shape index (κ1) is 16.7. The van der Waals surface area contributed by atoms with Crippen LogP contribution in [0.2, 0.25) is 0 Å². The Morgan fingerprint density at radius 1 is 1.25 bits per heavy atom. The smallest absolute Gasteiger partial charge is 0.194 e. The number of halogens is 3. The molecule has 0 saturated heterocycles. The quantitative estimate of drug-likeness (QED) is 0.664. The summed E-state index contributed by atoms with van der Waals surface area (Å²) in [5.74, 6) is -4.21. The first-order chi connectivity index (χ1) is 11.5. The largest absolute Gasteiger partial charge is 0.378 e. The number of aromatic nitrogens is 1. The van der Waals surface area contributed by atoms with Crippen molar-refractivity contribution in [2.24, 2.45) is 0 Å². The maximum atomic E-state index is 13.7. The van der Waals surface area contributed by atoms with Crippen LogP contribution in [0.5, 0.6) is 0 Å². The van der Waals surface area contributed by atoms with Gasteiger partial charge < -0.3 is 5.11 Å². The van der Waals surface area contributed by atoms with Gasteiger partial charge in [0.15, 0.2) is 17.5 Å². The van der Waals surface area contributed by atoms with E-state index in [0.717, 1.165) is 29.0 Å². The third-order valence-electron chi connectivity index (χ3n) is 4.33.